The second-order valence-corrected chi connectivity index (χ2v) is 6.13. The number of carboxylic acid groups (broad SMARTS) is 1. The third-order valence-corrected chi connectivity index (χ3v) is 4.56. The fourth-order valence-corrected chi connectivity index (χ4v) is 3.31. The van der Waals surface area contributed by atoms with Crippen molar-refractivity contribution in [3.8, 4) is 11.1 Å². The van der Waals surface area contributed by atoms with Gasteiger partial charge in [-0.05, 0) is 11.1 Å². The van der Waals surface area contributed by atoms with E-state index < -0.39 is 6.09 Å². The fraction of sp³-hybridized carbons (Fsp3) is 0.0526. The van der Waals surface area contributed by atoms with Gasteiger partial charge in [0.25, 0.3) is 0 Å². The highest BCUT2D eigenvalue weighted by molar-refractivity contribution is 7.98. The topological polar surface area (TPSA) is 65.0 Å². The van der Waals surface area contributed by atoms with Crippen molar-refractivity contribution in [2.24, 2.45) is 0 Å². The third kappa shape index (κ3) is 3.94. The normalized spacial score (nSPS) is 10.3. The Hall–Kier alpha value is -2.79. The van der Waals surface area contributed by atoms with Gasteiger partial charge in [0.1, 0.15) is 6.09 Å². The Kier molecular flexibility index (Phi) is 5.13. The molecule has 3 aromatic rings. The van der Waals surface area contributed by atoms with Gasteiger partial charge in [-0.25, -0.2) is 0 Å². The van der Waals surface area contributed by atoms with Crippen LogP contribution in [0.25, 0.3) is 11.1 Å². The van der Waals surface area contributed by atoms with Crippen LogP contribution in [0.4, 0.5) is 10.5 Å². The molecule has 5 heteroatoms. The Labute approximate surface area is 144 Å². The molecule has 0 saturated heterocycles. The number of anilines is 1. The van der Waals surface area contributed by atoms with Crippen molar-refractivity contribution >= 4 is 23.5 Å². The Morgan fingerprint density at radius 3 is 2.33 bits per heavy atom. The number of hydrogen-bond acceptors (Lipinski definition) is 4. The van der Waals surface area contributed by atoms with Crippen molar-refractivity contribution in [1.29, 1.82) is 0 Å². The van der Waals surface area contributed by atoms with Gasteiger partial charge < -0.3 is 15.2 Å². The lowest BCUT2D eigenvalue weighted by molar-refractivity contribution is -0.242. The first-order chi connectivity index (χ1) is 11.7. The number of carbonyl (C=O) groups excluding carboxylic acids is 1. The molecule has 1 aromatic heterocycles. The summed E-state index contributed by atoms with van der Waals surface area (Å²) in [5, 5.41) is 13.5. The van der Waals surface area contributed by atoms with Gasteiger partial charge in [0.15, 0.2) is 0 Å². The lowest BCUT2D eigenvalue weighted by Crippen LogP contribution is -2.29. The van der Waals surface area contributed by atoms with E-state index in [1.807, 2.05) is 60.7 Å². The summed E-state index contributed by atoms with van der Waals surface area (Å²) in [6.45, 7) is 0. The molecule has 24 heavy (non-hydrogen) atoms. The van der Waals surface area contributed by atoms with E-state index in [0.717, 1.165) is 27.3 Å². The van der Waals surface area contributed by atoms with Crippen molar-refractivity contribution in [2.75, 3.05) is 5.32 Å². The molecule has 0 aliphatic rings. The molecular formula is C19H15N2O2S-. The lowest BCUT2D eigenvalue weighted by Gasteiger charge is -2.16. The summed E-state index contributed by atoms with van der Waals surface area (Å²) in [5.41, 5.74) is 3.30. The van der Waals surface area contributed by atoms with E-state index in [1.165, 1.54) is 11.8 Å². The standard InChI is InChI=1S/C19H16N2O2S/c22-19(23)21-18-16(15-9-5-2-6-10-15)11-20-12-17(18)24-13-14-7-3-1-4-8-14/h1-12H,13H2,(H,20,21)(H,22,23)/p-1. The number of benzene rings is 2. The van der Waals surface area contributed by atoms with Crippen LogP contribution in [0, 0.1) is 0 Å². The van der Waals surface area contributed by atoms with E-state index in [2.05, 4.69) is 10.3 Å². The van der Waals surface area contributed by atoms with Crippen LogP contribution in [0.5, 0.6) is 0 Å². The molecule has 1 N–H and O–H groups in total. The maximum Gasteiger partial charge on any atom is 0.138 e. The monoisotopic (exact) mass is 335 g/mol. The summed E-state index contributed by atoms with van der Waals surface area (Å²) >= 11 is 1.53. The molecule has 2 aromatic carbocycles. The number of pyridine rings is 1. The minimum Gasteiger partial charge on any atom is -0.530 e. The Bertz CT molecular complexity index is 823. The second-order valence-electron chi connectivity index (χ2n) is 5.11. The van der Waals surface area contributed by atoms with E-state index >= 15 is 0 Å². The number of nitrogens with zero attached hydrogens (tertiary/aromatic N) is 1. The van der Waals surface area contributed by atoms with Crippen molar-refractivity contribution in [3.63, 3.8) is 0 Å². The molecule has 1 heterocycles. The molecule has 0 fully saturated rings. The van der Waals surface area contributed by atoms with Gasteiger partial charge in [0.05, 0.1) is 10.6 Å². The molecule has 0 aliphatic carbocycles. The quantitative estimate of drug-likeness (QED) is 0.720. The van der Waals surface area contributed by atoms with Gasteiger partial charge in [0.2, 0.25) is 0 Å². The zero-order chi connectivity index (χ0) is 16.8. The van der Waals surface area contributed by atoms with Gasteiger partial charge in [-0.3, -0.25) is 4.98 Å². The molecule has 0 saturated carbocycles. The van der Waals surface area contributed by atoms with Gasteiger partial charge in [-0.2, -0.15) is 0 Å². The minimum atomic E-state index is -1.33. The fourth-order valence-electron chi connectivity index (χ4n) is 2.35. The highest BCUT2D eigenvalue weighted by Gasteiger charge is 2.12. The van der Waals surface area contributed by atoms with Crippen molar-refractivity contribution < 1.29 is 9.90 Å². The summed E-state index contributed by atoms with van der Waals surface area (Å²) in [5.74, 6) is 0.725. The maximum absolute atomic E-state index is 11.1. The smallest absolute Gasteiger partial charge is 0.138 e. The number of amides is 1. The summed E-state index contributed by atoms with van der Waals surface area (Å²) < 4.78 is 0. The van der Waals surface area contributed by atoms with Crippen LogP contribution in [0.1, 0.15) is 5.56 Å². The predicted molar refractivity (Wildman–Crippen MR) is 94.7 cm³/mol. The van der Waals surface area contributed by atoms with Crippen LogP contribution >= 0.6 is 11.8 Å². The molecular weight excluding hydrogens is 320 g/mol. The number of nitrogens with one attached hydrogen (secondary N) is 1. The van der Waals surface area contributed by atoms with Crippen LogP contribution in [0.3, 0.4) is 0 Å². The van der Waals surface area contributed by atoms with Crippen LogP contribution in [0.2, 0.25) is 0 Å². The molecule has 0 atom stereocenters. The molecule has 120 valence electrons. The zero-order valence-corrected chi connectivity index (χ0v) is 13.6. The van der Waals surface area contributed by atoms with Crippen molar-refractivity contribution in [1.82, 2.24) is 4.98 Å². The van der Waals surface area contributed by atoms with E-state index in [-0.39, 0.29) is 0 Å². The molecule has 4 nitrogen and oxygen atoms in total. The molecule has 0 radical (unpaired) electrons. The van der Waals surface area contributed by atoms with Gasteiger partial charge >= 0.3 is 0 Å². The number of thioether (sulfide) groups is 1. The lowest BCUT2D eigenvalue weighted by atomic mass is 10.1. The summed E-state index contributed by atoms with van der Waals surface area (Å²) in [7, 11) is 0. The summed E-state index contributed by atoms with van der Waals surface area (Å²) in [6, 6.07) is 19.6. The van der Waals surface area contributed by atoms with Crippen LogP contribution < -0.4 is 10.4 Å². The third-order valence-electron chi connectivity index (χ3n) is 3.46. The van der Waals surface area contributed by atoms with Gasteiger partial charge in [-0.1, -0.05) is 60.7 Å². The first-order valence-corrected chi connectivity index (χ1v) is 8.41. The van der Waals surface area contributed by atoms with Gasteiger partial charge in [-0.15, -0.1) is 11.8 Å². The van der Waals surface area contributed by atoms with E-state index in [1.54, 1.807) is 12.4 Å². The van der Waals surface area contributed by atoms with Crippen LogP contribution in [-0.2, 0) is 5.75 Å². The minimum absolute atomic E-state index is 0.511. The largest absolute Gasteiger partial charge is 0.530 e. The Morgan fingerprint density at radius 1 is 1.00 bits per heavy atom. The van der Waals surface area contributed by atoms with Gasteiger partial charge in [0, 0.05) is 23.7 Å². The SMILES string of the molecule is O=C([O-])Nc1c(SCc2ccccc2)cncc1-c1ccccc1. The Morgan fingerprint density at radius 2 is 1.67 bits per heavy atom. The molecule has 0 unspecified atom stereocenters. The van der Waals surface area contributed by atoms with E-state index in [9.17, 15) is 9.90 Å². The van der Waals surface area contributed by atoms with Crippen molar-refractivity contribution in [3.05, 3.63) is 78.6 Å². The average molecular weight is 335 g/mol. The summed E-state index contributed by atoms with van der Waals surface area (Å²) in [4.78, 5) is 16.2. The van der Waals surface area contributed by atoms with Crippen molar-refractivity contribution in [2.45, 2.75) is 10.6 Å². The molecule has 0 spiro atoms. The molecule has 0 bridgehead atoms. The molecule has 1 amide bonds. The number of aromatic nitrogens is 1. The summed E-state index contributed by atoms with van der Waals surface area (Å²) in [6.07, 6.45) is 2.00. The maximum atomic E-state index is 11.1. The predicted octanol–water partition coefficient (Wildman–Crippen LogP) is 3.80. The number of hydrogen-bond donors (Lipinski definition) is 1. The van der Waals surface area contributed by atoms with E-state index in [0.29, 0.717) is 5.69 Å². The molecule has 0 aliphatic heterocycles. The highest BCUT2D eigenvalue weighted by Crippen LogP contribution is 2.36. The first-order valence-electron chi connectivity index (χ1n) is 7.42. The zero-order valence-electron chi connectivity index (χ0n) is 12.8. The average Bonchev–Trinajstić information content (AvgIpc) is 2.62. The highest BCUT2D eigenvalue weighted by atomic mass is 32.2. The molecule has 3 rings (SSSR count). The second kappa shape index (κ2) is 7.66. The van der Waals surface area contributed by atoms with Crippen LogP contribution in [-0.4, -0.2) is 11.1 Å². The number of carbonyl (C=O) groups is 1. The first kappa shape index (κ1) is 16.1. The number of rotatable bonds is 5. The Balaban J connectivity index is 1.94. The van der Waals surface area contributed by atoms with E-state index in [4.69, 9.17) is 0 Å². The van der Waals surface area contributed by atoms with Crippen LogP contribution in [0.15, 0.2) is 78.0 Å².